The van der Waals surface area contributed by atoms with Gasteiger partial charge in [0.25, 0.3) is 0 Å². The van der Waals surface area contributed by atoms with Gasteiger partial charge in [0, 0.05) is 36.5 Å². The van der Waals surface area contributed by atoms with Gasteiger partial charge in [-0.05, 0) is 30.9 Å². The molecule has 2 aromatic carbocycles. The number of hydrogen-bond acceptors (Lipinski definition) is 7. The highest BCUT2D eigenvalue weighted by Crippen LogP contribution is 2.50. The van der Waals surface area contributed by atoms with Crippen LogP contribution in [-0.4, -0.2) is 69.9 Å². The molecular weight excluding hydrogens is 501 g/mol. The molecule has 9 nitrogen and oxygen atoms in total. The molecule has 0 saturated carbocycles. The molecule has 190 valence electrons. The summed E-state index contributed by atoms with van der Waals surface area (Å²) in [4.78, 5) is 28.2. The van der Waals surface area contributed by atoms with E-state index in [1.807, 2.05) is 36.9 Å². The molecule has 11 heteroatoms. The zero-order chi connectivity index (χ0) is 26.0. The van der Waals surface area contributed by atoms with Gasteiger partial charge in [0.2, 0.25) is 5.88 Å². The van der Waals surface area contributed by atoms with Crippen LogP contribution >= 0.6 is 11.6 Å². The third-order valence-electron chi connectivity index (χ3n) is 7.23. The maximum atomic E-state index is 16.5. The number of rotatable bonds is 2. The van der Waals surface area contributed by atoms with Gasteiger partial charge in [-0.3, -0.25) is 0 Å². The van der Waals surface area contributed by atoms with Gasteiger partial charge in [0.1, 0.15) is 24.3 Å². The van der Waals surface area contributed by atoms with Crippen molar-refractivity contribution in [2.45, 2.75) is 25.9 Å². The quantitative estimate of drug-likeness (QED) is 0.396. The lowest BCUT2D eigenvalue weighted by Crippen LogP contribution is -2.60. The molecule has 2 aliphatic rings. The molecule has 1 saturated heterocycles. The molecule has 1 N–H and O–H groups in total. The summed E-state index contributed by atoms with van der Waals surface area (Å²) in [6, 6.07) is 5.02. The number of methoxy groups -OCH3 is 1. The number of hydrogen-bond donors (Lipinski definition) is 1. The highest BCUT2D eigenvalue weighted by Gasteiger charge is 2.39. The molecule has 0 spiro atoms. The number of aromatic nitrogens is 3. The van der Waals surface area contributed by atoms with Gasteiger partial charge in [0.15, 0.2) is 11.6 Å². The topological polar surface area (TPSA) is 101 Å². The summed E-state index contributed by atoms with van der Waals surface area (Å²) in [5, 5.41) is 11.6. The number of halogens is 2. The maximum Gasteiger partial charge on any atom is 0.407 e. The Balaban J connectivity index is 1.63. The van der Waals surface area contributed by atoms with Crippen molar-refractivity contribution in [3.8, 4) is 22.8 Å². The number of benzene rings is 2. The summed E-state index contributed by atoms with van der Waals surface area (Å²) in [5.41, 5.74) is 1.54. The number of fused-ring (bicyclic) bond motifs is 3. The molecule has 6 rings (SSSR count). The Bertz CT molecular complexity index is 1600. The average Bonchev–Trinajstić information content (AvgIpc) is 3.05. The predicted octanol–water partition coefficient (Wildman–Crippen LogP) is 4.90. The Morgan fingerprint density at radius 1 is 1.19 bits per heavy atom. The average molecular weight is 524 g/mol. The standard InChI is InChI=1S/C26H23ClFN5O4/c1-12-4-5-14-6-7-29-25(36-3)17(14)16(12)18-20(27)23-19-22(21(18)28)30-11-31-24(19)33-8-13(2)32(26(34)35)9-15(33)10-37-23/h4-7,11,13,15H,8-10H2,1-3H3,(H,34,35)/t13-,15+/m1/s1. The molecule has 2 aliphatic heterocycles. The molecule has 0 unspecified atom stereocenters. The van der Waals surface area contributed by atoms with E-state index >= 15 is 4.39 Å². The highest BCUT2D eigenvalue weighted by atomic mass is 35.5. The zero-order valence-corrected chi connectivity index (χ0v) is 21.1. The van der Waals surface area contributed by atoms with E-state index in [2.05, 4.69) is 15.0 Å². The van der Waals surface area contributed by atoms with Crippen LogP contribution in [0.15, 0.2) is 30.7 Å². The van der Waals surface area contributed by atoms with Crippen LogP contribution < -0.4 is 14.4 Å². The van der Waals surface area contributed by atoms with Gasteiger partial charge in [-0.2, -0.15) is 0 Å². The summed E-state index contributed by atoms with van der Waals surface area (Å²) < 4.78 is 28.2. The predicted molar refractivity (Wildman–Crippen MR) is 137 cm³/mol. The number of anilines is 1. The lowest BCUT2D eigenvalue weighted by Gasteiger charge is -2.43. The molecule has 4 aromatic rings. The number of aryl methyl sites for hydroxylation is 1. The van der Waals surface area contributed by atoms with Crippen molar-refractivity contribution in [3.05, 3.63) is 47.1 Å². The van der Waals surface area contributed by atoms with Crippen molar-refractivity contribution in [1.29, 1.82) is 0 Å². The smallest absolute Gasteiger partial charge is 0.407 e. The number of piperazine rings is 1. The fourth-order valence-electron chi connectivity index (χ4n) is 5.47. The van der Waals surface area contributed by atoms with Crippen molar-refractivity contribution >= 4 is 45.2 Å². The molecule has 0 aliphatic carbocycles. The summed E-state index contributed by atoms with van der Waals surface area (Å²) in [5.74, 6) is 0.488. The van der Waals surface area contributed by atoms with Gasteiger partial charge in [-0.15, -0.1) is 0 Å². The first-order valence-corrected chi connectivity index (χ1v) is 12.2. The molecule has 0 radical (unpaired) electrons. The van der Waals surface area contributed by atoms with Crippen LogP contribution in [0.3, 0.4) is 0 Å². The van der Waals surface area contributed by atoms with Gasteiger partial charge < -0.3 is 24.4 Å². The Kier molecular flexibility index (Phi) is 5.45. The monoisotopic (exact) mass is 523 g/mol. The van der Waals surface area contributed by atoms with Crippen LogP contribution in [0.1, 0.15) is 12.5 Å². The van der Waals surface area contributed by atoms with Crippen LogP contribution in [-0.2, 0) is 0 Å². The SMILES string of the molecule is COc1nccc2ccc(C)c(-c3c(Cl)c4c5c(ncnc5c3F)N3C[C@@H](C)N(C(=O)O)C[C@H]3CO4)c12. The van der Waals surface area contributed by atoms with Gasteiger partial charge in [0.05, 0.1) is 28.9 Å². The van der Waals surface area contributed by atoms with Crippen molar-refractivity contribution < 1.29 is 23.8 Å². The molecule has 0 bridgehead atoms. The van der Waals surface area contributed by atoms with Crippen molar-refractivity contribution in [2.24, 2.45) is 0 Å². The Labute approximate surface area is 216 Å². The van der Waals surface area contributed by atoms with E-state index < -0.39 is 11.9 Å². The van der Waals surface area contributed by atoms with Gasteiger partial charge >= 0.3 is 6.09 Å². The zero-order valence-electron chi connectivity index (χ0n) is 20.3. The van der Waals surface area contributed by atoms with E-state index in [-0.39, 0.29) is 47.1 Å². The van der Waals surface area contributed by atoms with Crippen LogP contribution in [0.4, 0.5) is 15.0 Å². The fraction of sp³-hybridized carbons (Fsp3) is 0.308. The van der Waals surface area contributed by atoms with Crippen molar-refractivity contribution in [1.82, 2.24) is 19.9 Å². The second kappa shape index (κ2) is 8.58. The third kappa shape index (κ3) is 3.42. The van der Waals surface area contributed by atoms with E-state index in [4.69, 9.17) is 21.1 Å². The molecule has 2 aromatic heterocycles. The summed E-state index contributed by atoms with van der Waals surface area (Å²) in [6.07, 6.45) is 1.95. The minimum Gasteiger partial charge on any atom is -0.489 e. The maximum absolute atomic E-state index is 16.5. The Morgan fingerprint density at radius 2 is 2.00 bits per heavy atom. The minimum atomic E-state index is -0.998. The highest BCUT2D eigenvalue weighted by molar-refractivity contribution is 6.37. The second-order valence-corrected chi connectivity index (χ2v) is 9.71. The first kappa shape index (κ1) is 23.5. The molecule has 1 fully saturated rings. The Morgan fingerprint density at radius 3 is 2.76 bits per heavy atom. The third-order valence-corrected chi connectivity index (χ3v) is 7.59. The van der Waals surface area contributed by atoms with E-state index in [0.717, 1.165) is 10.9 Å². The molecule has 1 amide bonds. The molecule has 2 atom stereocenters. The van der Waals surface area contributed by atoms with Crippen LogP contribution in [0, 0.1) is 12.7 Å². The summed E-state index contributed by atoms with van der Waals surface area (Å²) >= 11 is 6.97. The molecule has 4 heterocycles. The lowest BCUT2D eigenvalue weighted by atomic mass is 9.93. The Hall–Kier alpha value is -3.92. The van der Waals surface area contributed by atoms with Crippen molar-refractivity contribution in [2.75, 3.05) is 31.7 Å². The summed E-state index contributed by atoms with van der Waals surface area (Å²) in [6.45, 7) is 4.43. The largest absolute Gasteiger partial charge is 0.489 e. The molecule has 37 heavy (non-hydrogen) atoms. The number of amides is 1. The van der Waals surface area contributed by atoms with E-state index in [0.29, 0.717) is 34.6 Å². The molecular formula is C26H23ClFN5O4. The minimum absolute atomic E-state index is 0.0765. The van der Waals surface area contributed by atoms with Gasteiger partial charge in [-0.25, -0.2) is 24.1 Å². The number of ether oxygens (including phenoxy) is 2. The van der Waals surface area contributed by atoms with E-state index in [1.54, 1.807) is 6.20 Å². The van der Waals surface area contributed by atoms with Gasteiger partial charge in [-0.1, -0.05) is 23.7 Å². The number of carboxylic acid groups (broad SMARTS) is 1. The number of nitrogens with zero attached hydrogens (tertiary/aromatic N) is 5. The van der Waals surface area contributed by atoms with Crippen molar-refractivity contribution in [3.63, 3.8) is 0 Å². The summed E-state index contributed by atoms with van der Waals surface area (Å²) in [7, 11) is 1.51. The number of pyridine rings is 1. The number of carbonyl (C=O) groups is 1. The van der Waals surface area contributed by atoms with Crippen LogP contribution in [0.5, 0.6) is 11.6 Å². The van der Waals surface area contributed by atoms with E-state index in [1.165, 1.54) is 18.3 Å². The van der Waals surface area contributed by atoms with E-state index in [9.17, 15) is 9.90 Å². The second-order valence-electron chi connectivity index (χ2n) is 9.33. The van der Waals surface area contributed by atoms with Crippen LogP contribution in [0.25, 0.3) is 32.8 Å². The normalized spacial score (nSPS) is 18.9. The fourth-order valence-corrected chi connectivity index (χ4v) is 5.79. The first-order chi connectivity index (χ1) is 17.8. The van der Waals surface area contributed by atoms with Crippen LogP contribution in [0.2, 0.25) is 5.02 Å². The first-order valence-electron chi connectivity index (χ1n) is 11.8. The lowest BCUT2D eigenvalue weighted by molar-refractivity contribution is 0.105.